The van der Waals surface area contributed by atoms with Crippen LogP contribution in [0.15, 0.2) is 0 Å². The number of nitrogens with zero attached hydrogens (tertiary/aromatic N) is 1. The van der Waals surface area contributed by atoms with Gasteiger partial charge in [0.15, 0.2) is 0 Å². The molecule has 0 saturated carbocycles. The molecule has 1 rings (SSSR count). The molecule has 2 nitrogen and oxygen atoms in total. The second kappa shape index (κ2) is 6.38. The van der Waals surface area contributed by atoms with Crippen molar-refractivity contribution in [1.29, 1.82) is 0 Å². The minimum Gasteiger partial charge on any atom is -0.311 e. The molecule has 0 aliphatic carbocycles. The Bertz CT molecular complexity index is 244. The van der Waals surface area contributed by atoms with Crippen molar-refractivity contribution in [3.63, 3.8) is 0 Å². The average molecular weight is 254 g/mol. The molecule has 4 unspecified atom stereocenters. The number of piperazine rings is 1. The fraction of sp³-hybridized carbons (Fsp3) is 1.00. The Hall–Kier alpha value is -0.0800. The first-order chi connectivity index (χ1) is 8.31. The number of hydrogen-bond acceptors (Lipinski definition) is 2. The largest absolute Gasteiger partial charge is 0.311 e. The van der Waals surface area contributed by atoms with Crippen molar-refractivity contribution in [2.45, 2.75) is 79.4 Å². The lowest BCUT2D eigenvalue weighted by molar-refractivity contribution is 0.0243. The zero-order valence-electron chi connectivity index (χ0n) is 13.6. The second-order valence-corrected chi connectivity index (χ2v) is 7.20. The molecule has 1 fully saturated rings. The van der Waals surface area contributed by atoms with Gasteiger partial charge in [0.25, 0.3) is 0 Å². The van der Waals surface area contributed by atoms with E-state index in [1.54, 1.807) is 0 Å². The molecular formula is C16H34N2. The molecule has 1 aliphatic heterocycles. The van der Waals surface area contributed by atoms with Gasteiger partial charge >= 0.3 is 0 Å². The molecule has 0 aromatic carbocycles. The van der Waals surface area contributed by atoms with Crippen LogP contribution in [0.1, 0.15) is 61.3 Å². The van der Waals surface area contributed by atoms with Gasteiger partial charge in [-0.15, -0.1) is 0 Å². The summed E-state index contributed by atoms with van der Waals surface area (Å²) in [6.45, 7) is 18.9. The first-order valence-corrected chi connectivity index (χ1v) is 7.80. The van der Waals surface area contributed by atoms with Crippen LogP contribution >= 0.6 is 0 Å². The summed E-state index contributed by atoms with van der Waals surface area (Å²) in [5.74, 6) is 0.775. The predicted octanol–water partition coefficient (Wildman–Crippen LogP) is 3.52. The van der Waals surface area contributed by atoms with Crippen LogP contribution in [0.25, 0.3) is 0 Å². The lowest BCUT2D eigenvalue weighted by Gasteiger charge is -2.48. The molecule has 108 valence electrons. The number of rotatable bonds is 4. The van der Waals surface area contributed by atoms with Crippen molar-refractivity contribution in [1.82, 2.24) is 10.2 Å². The second-order valence-electron chi connectivity index (χ2n) is 7.20. The van der Waals surface area contributed by atoms with Gasteiger partial charge in [-0.05, 0) is 24.7 Å². The topological polar surface area (TPSA) is 15.3 Å². The zero-order chi connectivity index (χ0) is 13.9. The van der Waals surface area contributed by atoms with Crippen molar-refractivity contribution < 1.29 is 0 Å². The van der Waals surface area contributed by atoms with Crippen LogP contribution in [0.2, 0.25) is 0 Å². The van der Waals surface area contributed by atoms with E-state index in [-0.39, 0.29) is 0 Å². The predicted molar refractivity (Wildman–Crippen MR) is 80.9 cm³/mol. The van der Waals surface area contributed by atoms with Gasteiger partial charge in [0.2, 0.25) is 0 Å². The molecule has 0 bridgehead atoms. The standard InChI is InChI=1S/C16H34N2/c1-8-12(3)15-11-18(13(4)16(5,6)7)14(9-2)10-17-15/h12-15,17H,8-11H2,1-7H3. The maximum Gasteiger partial charge on any atom is 0.0221 e. The third-order valence-corrected chi connectivity index (χ3v) is 5.05. The van der Waals surface area contributed by atoms with Gasteiger partial charge in [-0.25, -0.2) is 0 Å². The molecule has 0 aromatic rings. The highest BCUT2D eigenvalue weighted by Crippen LogP contribution is 2.29. The van der Waals surface area contributed by atoms with Crippen molar-refractivity contribution in [3.05, 3.63) is 0 Å². The molecule has 2 heteroatoms. The lowest BCUT2D eigenvalue weighted by Crippen LogP contribution is -2.62. The van der Waals surface area contributed by atoms with Crippen LogP contribution in [0.5, 0.6) is 0 Å². The summed E-state index contributed by atoms with van der Waals surface area (Å²) in [5.41, 5.74) is 0.366. The van der Waals surface area contributed by atoms with Gasteiger partial charge in [-0.1, -0.05) is 48.0 Å². The Morgan fingerprint density at radius 2 is 1.83 bits per heavy atom. The van der Waals surface area contributed by atoms with Crippen molar-refractivity contribution >= 4 is 0 Å². The van der Waals surface area contributed by atoms with Gasteiger partial charge in [0, 0.05) is 31.2 Å². The summed E-state index contributed by atoms with van der Waals surface area (Å²) in [4.78, 5) is 2.76. The molecule has 1 saturated heterocycles. The molecule has 1 aliphatic rings. The molecule has 18 heavy (non-hydrogen) atoms. The van der Waals surface area contributed by atoms with E-state index >= 15 is 0 Å². The summed E-state index contributed by atoms with van der Waals surface area (Å²) in [7, 11) is 0. The Morgan fingerprint density at radius 1 is 1.22 bits per heavy atom. The molecule has 0 radical (unpaired) electrons. The normalized spacial score (nSPS) is 30.2. The summed E-state index contributed by atoms with van der Waals surface area (Å²) >= 11 is 0. The van der Waals surface area contributed by atoms with Crippen LogP contribution in [-0.2, 0) is 0 Å². The maximum absolute atomic E-state index is 3.77. The van der Waals surface area contributed by atoms with Crippen LogP contribution in [-0.4, -0.2) is 36.1 Å². The number of nitrogens with one attached hydrogen (secondary N) is 1. The Kier molecular flexibility index (Phi) is 5.67. The molecule has 0 spiro atoms. The first kappa shape index (κ1) is 16.0. The monoisotopic (exact) mass is 254 g/mol. The first-order valence-electron chi connectivity index (χ1n) is 7.80. The van der Waals surface area contributed by atoms with E-state index in [4.69, 9.17) is 0 Å². The smallest absolute Gasteiger partial charge is 0.0221 e. The quantitative estimate of drug-likeness (QED) is 0.826. The molecule has 0 amide bonds. The summed E-state index contributed by atoms with van der Waals surface area (Å²) in [5, 5.41) is 3.77. The Labute approximate surface area is 115 Å². The van der Waals surface area contributed by atoms with Crippen molar-refractivity contribution in [2.24, 2.45) is 11.3 Å². The molecule has 0 aromatic heterocycles. The van der Waals surface area contributed by atoms with E-state index in [1.165, 1.54) is 19.4 Å². The minimum absolute atomic E-state index is 0.366. The van der Waals surface area contributed by atoms with Crippen LogP contribution in [0.4, 0.5) is 0 Å². The highest BCUT2D eigenvalue weighted by Gasteiger charge is 2.35. The molecular weight excluding hydrogens is 220 g/mol. The summed E-state index contributed by atoms with van der Waals surface area (Å²) < 4.78 is 0. The molecule has 1 N–H and O–H groups in total. The Morgan fingerprint density at radius 3 is 2.28 bits per heavy atom. The van der Waals surface area contributed by atoms with Gasteiger partial charge in [0.1, 0.15) is 0 Å². The zero-order valence-corrected chi connectivity index (χ0v) is 13.6. The fourth-order valence-electron chi connectivity index (χ4n) is 2.86. The van der Waals surface area contributed by atoms with Crippen LogP contribution in [0.3, 0.4) is 0 Å². The van der Waals surface area contributed by atoms with E-state index in [0.717, 1.165) is 12.5 Å². The van der Waals surface area contributed by atoms with Crippen LogP contribution < -0.4 is 5.32 Å². The van der Waals surface area contributed by atoms with Gasteiger partial charge in [-0.2, -0.15) is 0 Å². The summed E-state index contributed by atoms with van der Waals surface area (Å²) in [6, 6.07) is 2.03. The fourth-order valence-corrected chi connectivity index (χ4v) is 2.86. The van der Waals surface area contributed by atoms with E-state index in [2.05, 4.69) is 58.7 Å². The lowest BCUT2D eigenvalue weighted by atomic mass is 9.84. The third-order valence-electron chi connectivity index (χ3n) is 5.05. The average Bonchev–Trinajstić information content (AvgIpc) is 2.35. The Balaban J connectivity index is 2.76. The van der Waals surface area contributed by atoms with E-state index in [0.29, 0.717) is 23.5 Å². The maximum atomic E-state index is 3.77. The SMILES string of the molecule is CCC(C)C1CN(C(C)C(C)(C)C)C(CC)CN1. The van der Waals surface area contributed by atoms with E-state index in [9.17, 15) is 0 Å². The van der Waals surface area contributed by atoms with E-state index < -0.39 is 0 Å². The summed E-state index contributed by atoms with van der Waals surface area (Å²) in [6.07, 6.45) is 2.52. The molecule has 1 heterocycles. The minimum atomic E-state index is 0.366. The van der Waals surface area contributed by atoms with Gasteiger partial charge in [-0.3, -0.25) is 4.90 Å². The molecule has 4 atom stereocenters. The van der Waals surface area contributed by atoms with Gasteiger partial charge in [0.05, 0.1) is 0 Å². The van der Waals surface area contributed by atoms with Crippen molar-refractivity contribution in [2.75, 3.05) is 13.1 Å². The van der Waals surface area contributed by atoms with Crippen LogP contribution in [0, 0.1) is 11.3 Å². The highest BCUT2D eigenvalue weighted by atomic mass is 15.3. The third kappa shape index (κ3) is 3.71. The van der Waals surface area contributed by atoms with E-state index in [1.807, 2.05) is 0 Å². The number of hydrogen-bond donors (Lipinski definition) is 1. The highest BCUT2D eigenvalue weighted by molar-refractivity contribution is 4.93. The van der Waals surface area contributed by atoms with Gasteiger partial charge < -0.3 is 5.32 Å². The van der Waals surface area contributed by atoms with Crippen molar-refractivity contribution in [3.8, 4) is 0 Å².